The smallest absolute Gasteiger partial charge is 0.123 e. The predicted molar refractivity (Wildman–Crippen MR) is 79.1 cm³/mol. The number of hydrogen-bond donors (Lipinski definition) is 3. The van der Waals surface area contributed by atoms with Gasteiger partial charge in [-0.3, -0.25) is 4.90 Å². The van der Waals surface area contributed by atoms with Gasteiger partial charge in [-0.2, -0.15) is 0 Å². The lowest BCUT2D eigenvalue weighted by molar-refractivity contribution is 0.195. The van der Waals surface area contributed by atoms with Gasteiger partial charge in [0.05, 0.1) is 12.7 Å². The van der Waals surface area contributed by atoms with Crippen LogP contribution in [0.4, 0.5) is 5.69 Å². The molecule has 1 aromatic rings. The molecule has 1 aromatic carbocycles. The second-order valence-electron chi connectivity index (χ2n) is 5.32. The number of β-amino-alcohol motifs (C(OH)–C–C–N with tert-alkyl or cyclic N) is 1. The molecule has 2 rings (SSSR count). The van der Waals surface area contributed by atoms with E-state index in [2.05, 4.69) is 9.80 Å². The predicted octanol–water partition coefficient (Wildman–Crippen LogP) is 0.950. The first-order valence-electron chi connectivity index (χ1n) is 7.21. The highest BCUT2D eigenvalue weighted by molar-refractivity contribution is 5.54. The molecule has 1 atom stereocenters. The van der Waals surface area contributed by atoms with E-state index >= 15 is 0 Å². The van der Waals surface area contributed by atoms with E-state index in [-0.39, 0.29) is 12.4 Å². The molecule has 112 valence electrons. The topological polar surface area (TPSA) is 67.2 Å². The molecule has 1 saturated heterocycles. The van der Waals surface area contributed by atoms with Gasteiger partial charge in [-0.05, 0) is 26.0 Å². The van der Waals surface area contributed by atoms with Crippen molar-refractivity contribution in [3.8, 4) is 5.75 Å². The van der Waals surface area contributed by atoms with Crippen LogP contribution in [-0.4, -0.2) is 59.6 Å². The lowest BCUT2D eigenvalue weighted by Crippen LogP contribution is -2.32. The fourth-order valence-electron chi connectivity index (χ4n) is 2.68. The lowest BCUT2D eigenvalue weighted by Gasteiger charge is -2.24. The van der Waals surface area contributed by atoms with E-state index in [1.165, 1.54) is 0 Å². The van der Waals surface area contributed by atoms with Gasteiger partial charge in [0.2, 0.25) is 0 Å². The Kier molecular flexibility index (Phi) is 5.23. The van der Waals surface area contributed by atoms with Gasteiger partial charge < -0.3 is 20.2 Å². The van der Waals surface area contributed by atoms with E-state index in [0.29, 0.717) is 5.56 Å². The van der Waals surface area contributed by atoms with E-state index in [9.17, 15) is 10.2 Å². The Morgan fingerprint density at radius 2 is 2.00 bits per heavy atom. The molecule has 5 nitrogen and oxygen atoms in total. The van der Waals surface area contributed by atoms with Crippen molar-refractivity contribution in [2.24, 2.45) is 0 Å². The van der Waals surface area contributed by atoms with E-state index < -0.39 is 6.10 Å². The van der Waals surface area contributed by atoms with Crippen LogP contribution in [0.2, 0.25) is 0 Å². The summed E-state index contributed by atoms with van der Waals surface area (Å²) < 4.78 is 0. The fraction of sp³-hybridized carbons (Fsp3) is 0.600. The molecule has 1 unspecified atom stereocenters. The largest absolute Gasteiger partial charge is 0.507 e. The number of hydrogen-bond acceptors (Lipinski definition) is 5. The molecule has 0 spiro atoms. The Morgan fingerprint density at radius 3 is 2.65 bits per heavy atom. The number of phenolic OH excluding ortho intramolecular Hbond substituents is 1. The standard InChI is InChI=1S/C15H24N2O3/c1-12(19)14-4-3-13(11-15(14)20)17-6-2-5-16(7-8-17)9-10-18/h3-4,11-12,18-20H,2,5-10H2,1H3. The second-order valence-corrected chi connectivity index (χ2v) is 5.32. The molecule has 5 heteroatoms. The second kappa shape index (κ2) is 6.92. The first-order valence-corrected chi connectivity index (χ1v) is 7.21. The van der Waals surface area contributed by atoms with E-state index in [1.807, 2.05) is 6.07 Å². The summed E-state index contributed by atoms with van der Waals surface area (Å²) in [4.78, 5) is 4.49. The molecule has 0 aromatic heterocycles. The molecule has 0 saturated carbocycles. The average molecular weight is 280 g/mol. The van der Waals surface area contributed by atoms with Crippen molar-refractivity contribution in [1.82, 2.24) is 4.90 Å². The van der Waals surface area contributed by atoms with Crippen LogP contribution in [-0.2, 0) is 0 Å². The summed E-state index contributed by atoms with van der Waals surface area (Å²) in [5, 5.41) is 28.5. The summed E-state index contributed by atoms with van der Waals surface area (Å²) >= 11 is 0. The maximum absolute atomic E-state index is 9.97. The van der Waals surface area contributed by atoms with Gasteiger partial charge >= 0.3 is 0 Å². The number of aliphatic hydroxyl groups excluding tert-OH is 2. The molecule has 0 radical (unpaired) electrons. The summed E-state index contributed by atoms with van der Waals surface area (Å²) in [6.07, 6.45) is 0.382. The summed E-state index contributed by atoms with van der Waals surface area (Å²) in [7, 11) is 0. The third kappa shape index (κ3) is 3.62. The maximum Gasteiger partial charge on any atom is 0.123 e. The Balaban J connectivity index is 2.06. The van der Waals surface area contributed by atoms with E-state index in [1.54, 1.807) is 19.1 Å². The van der Waals surface area contributed by atoms with Crippen LogP contribution < -0.4 is 4.90 Å². The minimum atomic E-state index is -0.659. The monoisotopic (exact) mass is 280 g/mol. The van der Waals surface area contributed by atoms with Crippen molar-refractivity contribution in [3.63, 3.8) is 0 Å². The van der Waals surface area contributed by atoms with Crippen LogP contribution in [0.25, 0.3) is 0 Å². The molecule has 3 N–H and O–H groups in total. The molecule has 1 aliphatic heterocycles. The number of benzene rings is 1. The minimum Gasteiger partial charge on any atom is -0.507 e. The molecule has 0 aliphatic carbocycles. The van der Waals surface area contributed by atoms with Crippen LogP contribution in [0.5, 0.6) is 5.75 Å². The van der Waals surface area contributed by atoms with Crippen molar-refractivity contribution in [2.45, 2.75) is 19.4 Å². The van der Waals surface area contributed by atoms with Gasteiger partial charge in [0, 0.05) is 43.5 Å². The molecular formula is C15H24N2O3. The number of aliphatic hydroxyl groups is 2. The molecular weight excluding hydrogens is 256 g/mol. The average Bonchev–Trinajstić information content (AvgIpc) is 2.64. The summed E-state index contributed by atoms with van der Waals surface area (Å²) in [5.74, 6) is 0.147. The van der Waals surface area contributed by atoms with Crippen molar-refractivity contribution in [2.75, 3.05) is 44.2 Å². The summed E-state index contributed by atoms with van der Waals surface area (Å²) in [6, 6.07) is 5.46. The zero-order valence-corrected chi connectivity index (χ0v) is 12.0. The first-order chi connectivity index (χ1) is 9.61. The molecule has 1 aliphatic rings. The maximum atomic E-state index is 9.97. The highest BCUT2D eigenvalue weighted by Crippen LogP contribution is 2.29. The van der Waals surface area contributed by atoms with Gasteiger partial charge in [-0.1, -0.05) is 6.07 Å². The van der Waals surface area contributed by atoms with E-state index in [4.69, 9.17) is 5.11 Å². The Hall–Kier alpha value is -1.30. The van der Waals surface area contributed by atoms with Gasteiger partial charge in [-0.15, -0.1) is 0 Å². The zero-order chi connectivity index (χ0) is 14.5. The third-order valence-corrected chi connectivity index (χ3v) is 3.83. The van der Waals surface area contributed by atoms with Gasteiger partial charge in [0.15, 0.2) is 0 Å². The Morgan fingerprint density at radius 1 is 1.20 bits per heavy atom. The van der Waals surface area contributed by atoms with Crippen LogP contribution >= 0.6 is 0 Å². The van der Waals surface area contributed by atoms with Gasteiger partial charge in [0.25, 0.3) is 0 Å². The number of anilines is 1. The van der Waals surface area contributed by atoms with Gasteiger partial charge in [0.1, 0.15) is 5.75 Å². The number of phenols is 1. The third-order valence-electron chi connectivity index (χ3n) is 3.83. The SMILES string of the molecule is CC(O)c1ccc(N2CCCN(CCO)CC2)cc1O. The van der Waals surface area contributed by atoms with Gasteiger partial charge in [-0.25, -0.2) is 0 Å². The van der Waals surface area contributed by atoms with Crippen molar-refractivity contribution in [1.29, 1.82) is 0 Å². The molecule has 0 amide bonds. The minimum absolute atomic E-state index is 0.147. The van der Waals surface area contributed by atoms with Crippen LogP contribution in [0, 0.1) is 0 Å². The van der Waals surface area contributed by atoms with E-state index in [0.717, 1.165) is 44.8 Å². The highest BCUT2D eigenvalue weighted by atomic mass is 16.3. The lowest BCUT2D eigenvalue weighted by atomic mass is 10.1. The summed E-state index contributed by atoms with van der Waals surface area (Å²) in [6.45, 7) is 6.30. The van der Waals surface area contributed by atoms with Crippen molar-refractivity contribution in [3.05, 3.63) is 23.8 Å². The molecule has 1 heterocycles. The van der Waals surface area contributed by atoms with Crippen molar-refractivity contribution >= 4 is 5.69 Å². The highest BCUT2D eigenvalue weighted by Gasteiger charge is 2.16. The number of aromatic hydroxyl groups is 1. The normalized spacial score (nSPS) is 18.9. The number of rotatable bonds is 4. The molecule has 0 bridgehead atoms. The summed E-state index contributed by atoms with van der Waals surface area (Å²) in [5.41, 5.74) is 1.54. The Bertz CT molecular complexity index is 437. The quantitative estimate of drug-likeness (QED) is 0.766. The first kappa shape index (κ1) is 15.1. The van der Waals surface area contributed by atoms with Crippen molar-refractivity contribution < 1.29 is 15.3 Å². The molecule has 1 fully saturated rings. The van der Waals surface area contributed by atoms with Crippen LogP contribution in [0.1, 0.15) is 25.0 Å². The molecule has 20 heavy (non-hydrogen) atoms. The Labute approximate surface area is 120 Å². The van der Waals surface area contributed by atoms with Crippen LogP contribution in [0.3, 0.4) is 0 Å². The fourth-order valence-corrected chi connectivity index (χ4v) is 2.68. The van der Waals surface area contributed by atoms with Crippen LogP contribution in [0.15, 0.2) is 18.2 Å². The number of nitrogens with zero attached hydrogens (tertiary/aromatic N) is 2. The zero-order valence-electron chi connectivity index (χ0n) is 12.0.